The number of rotatable bonds is 4. The smallest absolute Gasteiger partial charge is 0.0918 e. The molecule has 4 heteroatoms. The van der Waals surface area contributed by atoms with E-state index >= 15 is 0 Å². The summed E-state index contributed by atoms with van der Waals surface area (Å²) in [5, 5.41) is 5.23. The number of piperazine rings is 1. The predicted molar refractivity (Wildman–Crippen MR) is 42.3 cm³/mol. The highest BCUT2D eigenvalue weighted by Crippen LogP contribution is 1.92. The summed E-state index contributed by atoms with van der Waals surface area (Å²) >= 11 is 0. The molecule has 0 aliphatic carbocycles. The molecule has 66 valence electrons. The minimum absolute atomic E-state index is 0.663. The zero-order valence-corrected chi connectivity index (χ0v) is 7.01. The lowest BCUT2D eigenvalue weighted by Gasteiger charge is -2.26. The molecule has 1 saturated heterocycles. The lowest BCUT2D eigenvalue weighted by atomic mass is 10.4. The van der Waals surface area contributed by atoms with Gasteiger partial charge in [-0.1, -0.05) is 0 Å². The molecule has 1 aliphatic rings. The monoisotopic (exact) mass is 160 g/mol. The van der Waals surface area contributed by atoms with E-state index in [0.29, 0.717) is 13.2 Å². The molecule has 1 heterocycles. The van der Waals surface area contributed by atoms with Crippen molar-refractivity contribution in [1.29, 1.82) is 0 Å². The number of nitrogens with zero attached hydrogens (tertiary/aromatic N) is 1. The second kappa shape index (κ2) is 5.49. The summed E-state index contributed by atoms with van der Waals surface area (Å²) in [7, 11) is 1.68. The lowest BCUT2D eigenvalue weighted by molar-refractivity contribution is -0.172. The van der Waals surface area contributed by atoms with E-state index in [-0.39, 0.29) is 0 Å². The summed E-state index contributed by atoms with van der Waals surface area (Å²) < 4.78 is 4.87. The fraction of sp³-hybridized carbons (Fsp3) is 1.00. The second-order valence-electron chi connectivity index (χ2n) is 2.51. The quantitative estimate of drug-likeness (QED) is 0.561. The van der Waals surface area contributed by atoms with Crippen LogP contribution in [0.2, 0.25) is 0 Å². The Hall–Kier alpha value is -0.160. The molecule has 11 heavy (non-hydrogen) atoms. The molecule has 0 spiro atoms. The van der Waals surface area contributed by atoms with Gasteiger partial charge in [-0.25, -0.2) is 0 Å². The molecule has 0 aromatic rings. The summed E-state index contributed by atoms with van der Waals surface area (Å²) in [6.07, 6.45) is 0. The summed E-state index contributed by atoms with van der Waals surface area (Å²) in [6, 6.07) is 0. The molecule has 0 atom stereocenters. The fourth-order valence-electron chi connectivity index (χ4n) is 1.02. The van der Waals surface area contributed by atoms with Gasteiger partial charge in [0.05, 0.1) is 13.2 Å². The molecule has 1 aliphatic heterocycles. The largest absolute Gasteiger partial charge is 0.382 e. The Morgan fingerprint density at radius 3 is 2.64 bits per heavy atom. The SMILES string of the molecule is COCCON1CCNCC1. The lowest BCUT2D eigenvalue weighted by Crippen LogP contribution is -2.43. The standard InChI is InChI=1S/C7H16N2O2/c1-10-6-7-11-9-4-2-8-3-5-9/h8H,2-7H2,1H3. The molecule has 0 aromatic carbocycles. The van der Waals surface area contributed by atoms with Crippen molar-refractivity contribution in [3.63, 3.8) is 0 Å². The van der Waals surface area contributed by atoms with E-state index in [9.17, 15) is 0 Å². The van der Waals surface area contributed by atoms with Gasteiger partial charge in [-0.3, -0.25) is 4.84 Å². The molecule has 1 rings (SSSR count). The van der Waals surface area contributed by atoms with Crippen LogP contribution in [-0.4, -0.2) is 51.6 Å². The van der Waals surface area contributed by atoms with E-state index in [1.165, 1.54) is 0 Å². The highest BCUT2D eigenvalue weighted by molar-refractivity contribution is 4.59. The van der Waals surface area contributed by atoms with Crippen LogP contribution in [0.1, 0.15) is 0 Å². The van der Waals surface area contributed by atoms with Crippen molar-refractivity contribution >= 4 is 0 Å². The molecule has 1 fully saturated rings. The highest BCUT2D eigenvalue weighted by atomic mass is 16.7. The number of hydroxylamine groups is 2. The van der Waals surface area contributed by atoms with Gasteiger partial charge in [0.2, 0.25) is 0 Å². The van der Waals surface area contributed by atoms with Crippen molar-refractivity contribution in [2.45, 2.75) is 0 Å². The van der Waals surface area contributed by atoms with Gasteiger partial charge in [0.15, 0.2) is 0 Å². The first kappa shape index (κ1) is 8.93. The van der Waals surface area contributed by atoms with Crippen LogP contribution >= 0.6 is 0 Å². The van der Waals surface area contributed by atoms with Gasteiger partial charge in [0.1, 0.15) is 0 Å². The molecular formula is C7H16N2O2. The minimum atomic E-state index is 0.663. The summed E-state index contributed by atoms with van der Waals surface area (Å²) in [5.41, 5.74) is 0. The van der Waals surface area contributed by atoms with Gasteiger partial charge in [0, 0.05) is 33.3 Å². The molecular weight excluding hydrogens is 144 g/mol. The van der Waals surface area contributed by atoms with Crippen molar-refractivity contribution in [2.75, 3.05) is 46.5 Å². The van der Waals surface area contributed by atoms with Crippen molar-refractivity contribution in [3.8, 4) is 0 Å². The van der Waals surface area contributed by atoms with Crippen LogP contribution in [0, 0.1) is 0 Å². The Labute approximate surface area is 67.4 Å². The van der Waals surface area contributed by atoms with Gasteiger partial charge >= 0.3 is 0 Å². The Morgan fingerprint density at radius 1 is 1.27 bits per heavy atom. The predicted octanol–water partition coefficient (Wildman–Crippen LogP) is -0.530. The van der Waals surface area contributed by atoms with Crippen LogP contribution in [-0.2, 0) is 9.57 Å². The number of ether oxygens (including phenoxy) is 1. The topological polar surface area (TPSA) is 33.7 Å². The molecule has 0 amide bonds. The molecule has 0 bridgehead atoms. The molecule has 4 nitrogen and oxygen atoms in total. The third kappa shape index (κ3) is 3.67. The van der Waals surface area contributed by atoms with E-state index < -0.39 is 0 Å². The minimum Gasteiger partial charge on any atom is -0.382 e. The Kier molecular flexibility index (Phi) is 4.45. The van der Waals surface area contributed by atoms with Crippen LogP contribution in [0.25, 0.3) is 0 Å². The first-order valence-corrected chi connectivity index (χ1v) is 4.01. The second-order valence-corrected chi connectivity index (χ2v) is 2.51. The molecule has 0 aromatic heterocycles. The van der Waals surface area contributed by atoms with Crippen LogP contribution in [0.3, 0.4) is 0 Å². The molecule has 0 saturated carbocycles. The number of methoxy groups -OCH3 is 1. The van der Waals surface area contributed by atoms with Crippen LogP contribution in [0.15, 0.2) is 0 Å². The maximum Gasteiger partial charge on any atom is 0.0918 e. The van der Waals surface area contributed by atoms with E-state index in [1.54, 1.807) is 7.11 Å². The Balaban J connectivity index is 1.96. The average Bonchev–Trinajstić information content (AvgIpc) is 2.07. The van der Waals surface area contributed by atoms with E-state index in [2.05, 4.69) is 5.32 Å². The highest BCUT2D eigenvalue weighted by Gasteiger charge is 2.08. The van der Waals surface area contributed by atoms with Crippen LogP contribution in [0.5, 0.6) is 0 Å². The first-order chi connectivity index (χ1) is 5.43. The van der Waals surface area contributed by atoms with Gasteiger partial charge in [0.25, 0.3) is 0 Å². The summed E-state index contributed by atoms with van der Waals surface area (Å²) in [4.78, 5) is 5.39. The molecule has 0 radical (unpaired) electrons. The maximum absolute atomic E-state index is 5.39. The summed E-state index contributed by atoms with van der Waals surface area (Å²) in [6.45, 7) is 5.33. The van der Waals surface area contributed by atoms with E-state index in [1.807, 2.05) is 5.06 Å². The van der Waals surface area contributed by atoms with Crippen LogP contribution < -0.4 is 5.32 Å². The Bertz CT molecular complexity index is 94.4. The van der Waals surface area contributed by atoms with E-state index in [4.69, 9.17) is 9.57 Å². The van der Waals surface area contributed by atoms with Gasteiger partial charge in [-0.2, -0.15) is 5.06 Å². The van der Waals surface area contributed by atoms with Crippen molar-refractivity contribution < 1.29 is 9.57 Å². The maximum atomic E-state index is 5.39. The van der Waals surface area contributed by atoms with Gasteiger partial charge < -0.3 is 10.1 Å². The van der Waals surface area contributed by atoms with Crippen molar-refractivity contribution in [3.05, 3.63) is 0 Å². The fourth-order valence-corrected chi connectivity index (χ4v) is 1.02. The van der Waals surface area contributed by atoms with Crippen LogP contribution in [0.4, 0.5) is 0 Å². The number of hydrogen-bond acceptors (Lipinski definition) is 4. The van der Waals surface area contributed by atoms with Crippen molar-refractivity contribution in [1.82, 2.24) is 10.4 Å². The third-order valence-electron chi connectivity index (χ3n) is 1.64. The zero-order valence-electron chi connectivity index (χ0n) is 7.01. The Morgan fingerprint density at radius 2 is 2.00 bits per heavy atom. The summed E-state index contributed by atoms with van der Waals surface area (Å²) in [5.74, 6) is 0. The number of nitrogens with one attached hydrogen (secondary N) is 1. The average molecular weight is 160 g/mol. The zero-order chi connectivity index (χ0) is 7.94. The molecule has 0 unspecified atom stereocenters. The first-order valence-electron chi connectivity index (χ1n) is 4.01. The van der Waals surface area contributed by atoms with E-state index in [0.717, 1.165) is 26.2 Å². The van der Waals surface area contributed by atoms with Gasteiger partial charge in [-0.05, 0) is 0 Å². The molecule has 1 N–H and O–H groups in total. The normalized spacial score (nSPS) is 20.5. The number of hydrogen-bond donors (Lipinski definition) is 1. The third-order valence-corrected chi connectivity index (χ3v) is 1.64. The van der Waals surface area contributed by atoms with Crippen molar-refractivity contribution in [2.24, 2.45) is 0 Å². The van der Waals surface area contributed by atoms with Gasteiger partial charge in [-0.15, -0.1) is 0 Å².